The highest BCUT2D eigenvalue weighted by Gasteiger charge is 2.28. The summed E-state index contributed by atoms with van der Waals surface area (Å²) in [6.07, 6.45) is 23.9. The fourth-order valence-electron chi connectivity index (χ4n) is 12.1. The second kappa shape index (κ2) is 30.8. The molecule has 0 spiro atoms. The minimum Gasteiger partial charge on any atom is -0.501 e. The van der Waals surface area contributed by atoms with Crippen molar-refractivity contribution in [2.75, 3.05) is 31.2 Å². The SMILES string of the molecule is Cc1c(N)c2c(OCC(=O)OCc3ccccc3)c3c(=O)c(=O)c3cc2n1CCCCCCCCCCCCN(CCCCCCCCCCCCn1c(C)c(N)c2c3oc(C(=O)OCc4ccccc4)c(O)c(=O)c3ccc21)Cc1ccccc1. The quantitative estimate of drug-likeness (QED) is 0.0190. The van der Waals surface area contributed by atoms with Gasteiger partial charge in [-0.15, -0.1) is 0 Å². The van der Waals surface area contributed by atoms with Crippen LogP contribution in [0.25, 0.3) is 43.5 Å². The Labute approximate surface area is 503 Å². The summed E-state index contributed by atoms with van der Waals surface area (Å²) >= 11 is 0. The molecule has 9 aromatic rings. The molecule has 5 N–H and O–H groups in total. The average Bonchev–Trinajstić information content (AvgIpc) is 1.60. The van der Waals surface area contributed by atoms with Gasteiger partial charge >= 0.3 is 11.9 Å². The maximum Gasteiger partial charge on any atom is 0.378 e. The van der Waals surface area contributed by atoms with Crippen molar-refractivity contribution in [1.29, 1.82) is 0 Å². The maximum atomic E-state index is 13.2. The largest absolute Gasteiger partial charge is 0.501 e. The summed E-state index contributed by atoms with van der Waals surface area (Å²) in [4.78, 5) is 67.0. The number of aryl methyl sites for hydroxylation is 2. The molecule has 3 aromatic heterocycles. The Morgan fingerprint density at radius 2 is 0.977 bits per heavy atom. The molecule has 15 heteroatoms. The first-order chi connectivity index (χ1) is 41.9. The van der Waals surface area contributed by atoms with Gasteiger partial charge in [0.15, 0.2) is 12.2 Å². The van der Waals surface area contributed by atoms with Gasteiger partial charge in [-0.1, -0.05) is 194 Å². The van der Waals surface area contributed by atoms with Gasteiger partial charge in [0.1, 0.15) is 19.0 Å². The first-order valence-corrected chi connectivity index (χ1v) is 31.3. The zero-order valence-electron chi connectivity index (χ0n) is 50.3. The molecule has 454 valence electrons. The lowest BCUT2D eigenvalue weighted by Gasteiger charge is -2.22. The lowest BCUT2D eigenvalue weighted by molar-refractivity contribution is -0.147. The molecule has 15 nitrogen and oxygen atoms in total. The van der Waals surface area contributed by atoms with E-state index in [2.05, 4.69) is 44.4 Å². The van der Waals surface area contributed by atoms with Gasteiger partial charge in [0.05, 0.1) is 44.0 Å². The van der Waals surface area contributed by atoms with Crippen molar-refractivity contribution < 1.29 is 33.3 Å². The molecule has 0 fully saturated rings. The Bertz CT molecular complexity index is 3840. The third kappa shape index (κ3) is 15.4. The number of carbonyl (C=O) groups is 2. The molecule has 0 atom stereocenters. The van der Waals surface area contributed by atoms with Crippen LogP contribution in [0, 0.1) is 13.8 Å². The molecule has 0 bridgehead atoms. The first kappa shape index (κ1) is 62.4. The maximum absolute atomic E-state index is 13.2. The smallest absolute Gasteiger partial charge is 0.378 e. The molecule has 0 aliphatic heterocycles. The number of ether oxygens (including phenoxy) is 3. The zero-order chi connectivity index (χ0) is 60.4. The van der Waals surface area contributed by atoms with Gasteiger partial charge in [-0.3, -0.25) is 19.3 Å². The van der Waals surface area contributed by atoms with Crippen LogP contribution < -0.4 is 32.5 Å². The number of nitrogens with zero attached hydrogens (tertiary/aromatic N) is 3. The molecule has 0 radical (unpaired) electrons. The summed E-state index contributed by atoms with van der Waals surface area (Å²) < 4.78 is 27.0. The van der Waals surface area contributed by atoms with E-state index < -0.39 is 46.3 Å². The summed E-state index contributed by atoms with van der Waals surface area (Å²) in [5.74, 6) is -2.64. The fourth-order valence-corrected chi connectivity index (χ4v) is 12.1. The number of esters is 2. The minimum atomic E-state index is -0.925. The fraction of sp³-hybridized carbons (Fsp3) is 0.423. The third-order valence-corrected chi connectivity index (χ3v) is 17.1. The van der Waals surface area contributed by atoms with Gasteiger partial charge in [-0.25, -0.2) is 9.59 Å². The predicted molar refractivity (Wildman–Crippen MR) is 344 cm³/mol. The molecule has 0 aliphatic carbocycles. The summed E-state index contributed by atoms with van der Waals surface area (Å²) in [5.41, 5.74) is 18.8. The Morgan fingerprint density at radius 1 is 0.512 bits per heavy atom. The van der Waals surface area contributed by atoms with E-state index in [0.29, 0.717) is 27.5 Å². The molecule has 3 heterocycles. The number of aromatic nitrogens is 2. The van der Waals surface area contributed by atoms with Crippen LogP contribution in [0.15, 0.2) is 128 Å². The summed E-state index contributed by atoms with van der Waals surface area (Å²) in [7, 11) is 0. The molecule has 0 saturated heterocycles. The van der Waals surface area contributed by atoms with Gasteiger partial charge in [0.25, 0.3) is 5.76 Å². The molecule has 86 heavy (non-hydrogen) atoms. The molecule has 0 unspecified atom stereocenters. The van der Waals surface area contributed by atoms with Crippen molar-refractivity contribution in [1.82, 2.24) is 14.0 Å². The molecular formula is C71H85N5O10. The van der Waals surface area contributed by atoms with Crippen molar-refractivity contribution in [2.45, 2.75) is 175 Å². The third-order valence-electron chi connectivity index (χ3n) is 17.1. The second-order valence-electron chi connectivity index (χ2n) is 23.3. The number of nitrogen functional groups attached to an aromatic ring is 2. The van der Waals surface area contributed by atoms with Gasteiger partial charge < -0.3 is 44.3 Å². The van der Waals surface area contributed by atoms with Gasteiger partial charge in [-0.05, 0) is 87.5 Å². The van der Waals surface area contributed by atoms with Crippen molar-refractivity contribution >= 4 is 66.9 Å². The Hall–Kier alpha value is -8.17. The van der Waals surface area contributed by atoms with E-state index in [4.69, 9.17) is 30.1 Å². The van der Waals surface area contributed by atoms with Crippen LogP contribution in [0.3, 0.4) is 0 Å². The summed E-state index contributed by atoms with van der Waals surface area (Å²) in [6.45, 7) is 8.31. The number of hydrogen-bond acceptors (Lipinski definition) is 13. The lowest BCUT2D eigenvalue weighted by atomic mass is 10.0. The number of hydrogen-bond donors (Lipinski definition) is 3. The second-order valence-corrected chi connectivity index (χ2v) is 23.3. The van der Waals surface area contributed by atoms with Crippen molar-refractivity contribution in [3.05, 3.63) is 174 Å². The molecule has 0 saturated carbocycles. The van der Waals surface area contributed by atoms with E-state index in [-0.39, 0.29) is 35.3 Å². The number of unbranched alkanes of at least 4 members (excludes halogenated alkanes) is 18. The monoisotopic (exact) mass is 1170 g/mol. The van der Waals surface area contributed by atoms with Gasteiger partial charge in [0, 0.05) is 36.4 Å². The number of rotatable bonds is 36. The predicted octanol–water partition coefficient (Wildman–Crippen LogP) is 14.4. The molecule has 6 aromatic carbocycles. The van der Waals surface area contributed by atoms with E-state index in [1.165, 1.54) is 102 Å². The van der Waals surface area contributed by atoms with Gasteiger partial charge in [-0.2, -0.15) is 0 Å². The van der Waals surface area contributed by atoms with Crippen LogP contribution >= 0.6 is 0 Å². The van der Waals surface area contributed by atoms with Gasteiger partial charge in [0.2, 0.25) is 22.0 Å². The van der Waals surface area contributed by atoms with Crippen LogP contribution in [0.2, 0.25) is 0 Å². The summed E-state index contributed by atoms with van der Waals surface area (Å²) in [6, 6.07) is 34.6. The molecular weight excluding hydrogens is 1080 g/mol. The number of aromatic hydroxyl groups is 1. The highest BCUT2D eigenvalue weighted by molar-refractivity contribution is 6.13. The number of carbonyl (C=O) groups excluding carboxylic acids is 2. The van der Waals surface area contributed by atoms with Crippen molar-refractivity contribution in [3.63, 3.8) is 0 Å². The van der Waals surface area contributed by atoms with E-state index >= 15 is 0 Å². The molecule has 9 rings (SSSR count). The Morgan fingerprint density at radius 3 is 1.51 bits per heavy atom. The number of fused-ring (bicyclic) bond motifs is 5. The number of anilines is 2. The topological polar surface area (TPSA) is 212 Å². The normalized spacial score (nSPS) is 11.8. The van der Waals surface area contributed by atoms with E-state index in [1.807, 2.05) is 80.6 Å². The summed E-state index contributed by atoms with van der Waals surface area (Å²) in [5, 5.41) is 12.4. The zero-order valence-corrected chi connectivity index (χ0v) is 50.3. The Kier molecular flexibility index (Phi) is 22.3. The number of benzene rings is 5. The first-order valence-electron chi connectivity index (χ1n) is 31.3. The van der Waals surface area contributed by atoms with Crippen LogP contribution in [0.4, 0.5) is 11.4 Å². The van der Waals surface area contributed by atoms with Crippen LogP contribution in [0.1, 0.15) is 167 Å². The minimum absolute atomic E-state index is 0.0339. The van der Waals surface area contributed by atoms with E-state index in [1.54, 1.807) is 12.1 Å². The molecule has 0 aliphatic rings. The average molecular weight is 1170 g/mol. The highest BCUT2D eigenvalue weighted by atomic mass is 16.6. The molecule has 0 amide bonds. The van der Waals surface area contributed by atoms with Crippen LogP contribution in [-0.4, -0.2) is 50.8 Å². The lowest BCUT2D eigenvalue weighted by Crippen LogP contribution is -2.31. The Balaban J connectivity index is 0.622. The van der Waals surface area contributed by atoms with Crippen molar-refractivity contribution in [3.8, 4) is 11.5 Å². The van der Waals surface area contributed by atoms with E-state index in [9.17, 15) is 29.1 Å². The standard InChI is InChI=1S/C71H85N5O10/c1-49-62(72)60-56(39-38-54-64(78)67(81)70(86-68(54)60)71(82)85-47-53-36-26-21-27-37-53)75(49)42-30-17-13-9-5-3-7-11-15-28-40-74(45-51-32-22-19-23-33-51)41-29-16-12-8-4-6-10-14-18-31-43-76-50(2)63(73)61-57(76)44-55-59(66(80)65(55)79)69(61)84-48-58(77)83-46-52-34-24-20-25-35-52/h19-27,32-39,44,81H,3-18,28-31,40-43,45-48,72-73H2,1-2H3. The van der Waals surface area contributed by atoms with Crippen molar-refractivity contribution in [2.24, 2.45) is 0 Å². The van der Waals surface area contributed by atoms with Crippen LogP contribution in [-0.2, 0) is 47.1 Å². The van der Waals surface area contributed by atoms with E-state index in [0.717, 1.165) is 98.4 Å². The highest BCUT2D eigenvalue weighted by Crippen LogP contribution is 2.41. The number of nitrogens with two attached hydrogens (primary N) is 2. The van der Waals surface area contributed by atoms with Crippen LogP contribution in [0.5, 0.6) is 11.5 Å².